The molecule has 36 heavy (non-hydrogen) atoms. The molecule has 0 aliphatic rings. The molecule has 7 nitrogen and oxygen atoms in total. The normalized spacial score (nSPS) is 12.9. The molecule has 2 unspecified atom stereocenters. The standard InChI is InChI=1S/C27H36ClN3O4S/c1-8-31(25(33)21(15-36)29-26(34)35-27(5,6)7)23(19-13-9-11-16(2)18(19)4)24(32)30-22-17(3)12-10-14-20(22)28/h9-14,21,23,36H,8,15H2,1-7H3,(H,29,34)(H,30,32). The first-order valence-electron chi connectivity index (χ1n) is 11.8. The van der Waals surface area contributed by atoms with E-state index in [0.717, 1.165) is 16.7 Å². The molecular formula is C27H36ClN3O4S. The summed E-state index contributed by atoms with van der Waals surface area (Å²) in [6.45, 7) is 12.9. The molecule has 2 rings (SSSR count). The van der Waals surface area contributed by atoms with Gasteiger partial charge in [-0.05, 0) is 76.8 Å². The molecule has 0 saturated heterocycles. The first-order chi connectivity index (χ1) is 16.8. The highest BCUT2D eigenvalue weighted by molar-refractivity contribution is 7.80. The number of aryl methyl sites for hydroxylation is 2. The molecule has 2 aromatic carbocycles. The topological polar surface area (TPSA) is 87.7 Å². The number of amides is 3. The van der Waals surface area contributed by atoms with Gasteiger partial charge in [0.1, 0.15) is 17.7 Å². The highest BCUT2D eigenvalue weighted by Crippen LogP contribution is 2.31. The van der Waals surface area contributed by atoms with E-state index >= 15 is 0 Å². The zero-order chi connectivity index (χ0) is 27.2. The van der Waals surface area contributed by atoms with Crippen molar-refractivity contribution in [3.05, 3.63) is 63.7 Å². The van der Waals surface area contributed by atoms with Crippen LogP contribution in [0.1, 0.15) is 56.0 Å². The van der Waals surface area contributed by atoms with E-state index in [2.05, 4.69) is 23.3 Å². The first kappa shape index (κ1) is 29.5. The van der Waals surface area contributed by atoms with E-state index in [0.29, 0.717) is 16.3 Å². The number of likely N-dealkylation sites (N-methyl/N-ethyl adjacent to an activating group) is 1. The Morgan fingerprint density at radius 1 is 1.06 bits per heavy atom. The van der Waals surface area contributed by atoms with Crippen molar-refractivity contribution < 1.29 is 19.1 Å². The van der Waals surface area contributed by atoms with E-state index in [4.69, 9.17) is 16.3 Å². The Labute approximate surface area is 224 Å². The molecule has 0 aliphatic heterocycles. The Hall–Kier alpha value is -2.71. The molecule has 0 bridgehead atoms. The fraction of sp³-hybridized carbons (Fsp3) is 0.444. The lowest BCUT2D eigenvalue weighted by molar-refractivity contribution is -0.140. The van der Waals surface area contributed by atoms with Gasteiger partial charge in [0.05, 0.1) is 10.7 Å². The average molecular weight is 534 g/mol. The number of nitrogens with zero attached hydrogens (tertiary/aromatic N) is 1. The van der Waals surface area contributed by atoms with Gasteiger partial charge in [0.25, 0.3) is 5.91 Å². The van der Waals surface area contributed by atoms with Crippen LogP contribution in [0.3, 0.4) is 0 Å². The molecule has 0 heterocycles. The van der Waals surface area contributed by atoms with Crippen LogP contribution in [0.25, 0.3) is 0 Å². The van der Waals surface area contributed by atoms with E-state index < -0.39 is 35.6 Å². The first-order valence-corrected chi connectivity index (χ1v) is 12.8. The third-order valence-corrected chi connectivity index (χ3v) is 6.45. The van der Waals surface area contributed by atoms with Gasteiger partial charge in [0.15, 0.2) is 0 Å². The monoisotopic (exact) mass is 533 g/mol. The number of ether oxygens (including phenoxy) is 1. The molecular weight excluding hydrogens is 498 g/mol. The molecule has 3 amide bonds. The molecule has 2 aromatic rings. The van der Waals surface area contributed by atoms with E-state index in [1.807, 2.05) is 45.0 Å². The summed E-state index contributed by atoms with van der Waals surface area (Å²) in [6, 6.07) is 9.01. The van der Waals surface area contributed by atoms with E-state index in [-0.39, 0.29) is 12.3 Å². The molecule has 0 fully saturated rings. The molecule has 0 radical (unpaired) electrons. The summed E-state index contributed by atoms with van der Waals surface area (Å²) >= 11 is 10.7. The number of alkyl carbamates (subject to hydrolysis) is 1. The Bertz CT molecular complexity index is 1100. The third kappa shape index (κ3) is 7.40. The summed E-state index contributed by atoms with van der Waals surface area (Å²) in [6.07, 6.45) is -0.731. The number of anilines is 1. The molecule has 196 valence electrons. The fourth-order valence-corrected chi connectivity index (χ4v) is 4.32. The van der Waals surface area contributed by atoms with Gasteiger partial charge in [-0.1, -0.05) is 41.9 Å². The third-order valence-electron chi connectivity index (χ3n) is 5.77. The minimum Gasteiger partial charge on any atom is -0.444 e. The summed E-state index contributed by atoms with van der Waals surface area (Å²) < 4.78 is 5.32. The van der Waals surface area contributed by atoms with Crippen molar-refractivity contribution in [2.75, 3.05) is 17.6 Å². The average Bonchev–Trinajstić information content (AvgIpc) is 2.78. The zero-order valence-electron chi connectivity index (χ0n) is 21.9. The van der Waals surface area contributed by atoms with Crippen LogP contribution in [0, 0.1) is 20.8 Å². The van der Waals surface area contributed by atoms with Crippen molar-refractivity contribution in [3.8, 4) is 0 Å². The van der Waals surface area contributed by atoms with Crippen LogP contribution < -0.4 is 10.6 Å². The van der Waals surface area contributed by atoms with Crippen LogP contribution in [-0.2, 0) is 14.3 Å². The molecule has 0 aliphatic carbocycles. The van der Waals surface area contributed by atoms with Crippen molar-refractivity contribution >= 4 is 47.8 Å². The summed E-state index contributed by atoms with van der Waals surface area (Å²) in [7, 11) is 0. The molecule has 0 aromatic heterocycles. The summed E-state index contributed by atoms with van der Waals surface area (Å²) in [5, 5.41) is 5.92. The summed E-state index contributed by atoms with van der Waals surface area (Å²) in [4.78, 5) is 41.4. The molecule has 0 saturated carbocycles. The molecule has 9 heteroatoms. The maximum absolute atomic E-state index is 13.8. The van der Waals surface area contributed by atoms with Gasteiger partial charge >= 0.3 is 6.09 Å². The maximum Gasteiger partial charge on any atom is 0.408 e. The minimum absolute atomic E-state index is 0.0271. The Kier molecular flexibility index (Phi) is 10.3. The van der Waals surface area contributed by atoms with Crippen molar-refractivity contribution in [3.63, 3.8) is 0 Å². The number of hydrogen-bond acceptors (Lipinski definition) is 5. The number of halogens is 1. The van der Waals surface area contributed by atoms with Gasteiger partial charge in [0, 0.05) is 12.3 Å². The maximum atomic E-state index is 13.8. The van der Waals surface area contributed by atoms with Crippen molar-refractivity contribution in [1.29, 1.82) is 0 Å². The quantitative estimate of drug-likeness (QED) is 0.384. The number of rotatable bonds is 8. The Balaban J connectivity index is 2.50. The second-order valence-electron chi connectivity index (χ2n) is 9.62. The predicted molar refractivity (Wildman–Crippen MR) is 148 cm³/mol. The number of para-hydroxylation sites is 1. The van der Waals surface area contributed by atoms with Gasteiger partial charge in [-0.3, -0.25) is 9.59 Å². The highest BCUT2D eigenvalue weighted by atomic mass is 35.5. The minimum atomic E-state index is -0.995. The second-order valence-corrected chi connectivity index (χ2v) is 10.4. The number of carbonyl (C=O) groups is 3. The lowest BCUT2D eigenvalue weighted by Gasteiger charge is -2.34. The summed E-state index contributed by atoms with van der Waals surface area (Å²) in [5.41, 5.74) is 3.11. The van der Waals surface area contributed by atoms with Gasteiger partial charge in [-0.15, -0.1) is 0 Å². The summed E-state index contributed by atoms with van der Waals surface area (Å²) in [5.74, 6) is -0.833. The zero-order valence-corrected chi connectivity index (χ0v) is 23.6. The van der Waals surface area contributed by atoms with Crippen LogP contribution in [0.2, 0.25) is 5.02 Å². The van der Waals surface area contributed by atoms with E-state index in [1.54, 1.807) is 39.8 Å². The van der Waals surface area contributed by atoms with Gasteiger partial charge in [0.2, 0.25) is 5.91 Å². The number of hydrogen-bond donors (Lipinski definition) is 3. The van der Waals surface area contributed by atoms with E-state index in [9.17, 15) is 14.4 Å². The number of benzene rings is 2. The second kappa shape index (κ2) is 12.5. The smallest absolute Gasteiger partial charge is 0.408 e. The lowest BCUT2D eigenvalue weighted by atomic mass is 9.95. The number of thiol groups is 1. The molecule has 2 N–H and O–H groups in total. The molecule has 0 spiro atoms. The van der Waals surface area contributed by atoms with Crippen molar-refractivity contribution in [2.45, 2.75) is 66.2 Å². The lowest BCUT2D eigenvalue weighted by Crippen LogP contribution is -2.53. The van der Waals surface area contributed by atoms with Crippen LogP contribution in [-0.4, -0.2) is 46.7 Å². The van der Waals surface area contributed by atoms with E-state index in [1.165, 1.54) is 4.90 Å². The number of nitrogens with one attached hydrogen (secondary N) is 2. The van der Waals surface area contributed by atoms with Crippen LogP contribution in [0.15, 0.2) is 36.4 Å². The van der Waals surface area contributed by atoms with Crippen molar-refractivity contribution in [2.24, 2.45) is 0 Å². The molecule has 2 atom stereocenters. The Morgan fingerprint density at radius 3 is 2.22 bits per heavy atom. The van der Waals surface area contributed by atoms with Gasteiger partial charge in [-0.25, -0.2) is 4.79 Å². The van der Waals surface area contributed by atoms with Gasteiger partial charge < -0.3 is 20.3 Å². The largest absolute Gasteiger partial charge is 0.444 e. The van der Waals surface area contributed by atoms with Gasteiger partial charge in [-0.2, -0.15) is 12.6 Å². The van der Waals surface area contributed by atoms with Crippen molar-refractivity contribution in [1.82, 2.24) is 10.2 Å². The fourth-order valence-electron chi connectivity index (χ4n) is 3.80. The van der Waals surface area contributed by atoms with Crippen LogP contribution in [0.4, 0.5) is 10.5 Å². The Morgan fingerprint density at radius 2 is 1.67 bits per heavy atom. The number of carbonyl (C=O) groups excluding carboxylic acids is 3. The van der Waals surface area contributed by atoms with Crippen LogP contribution >= 0.6 is 24.2 Å². The SMILES string of the molecule is CCN(C(=O)C(CS)NC(=O)OC(C)(C)C)C(C(=O)Nc1c(C)cccc1Cl)c1cccc(C)c1C. The van der Waals surface area contributed by atoms with Crippen LogP contribution in [0.5, 0.6) is 0 Å². The highest BCUT2D eigenvalue weighted by Gasteiger charge is 2.36. The predicted octanol–water partition coefficient (Wildman–Crippen LogP) is 5.62.